The van der Waals surface area contributed by atoms with Crippen molar-refractivity contribution in [3.63, 3.8) is 0 Å². The lowest BCUT2D eigenvalue weighted by molar-refractivity contribution is 0.213. The molecule has 0 aliphatic carbocycles. The zero-order chi connectivity index (χ0) is 10.1. The van der Waals surface area contributed by atoms with Crippen molar-refractivity contribution in [1.29, 1.82) is 10.5 Å². The molecule has 0 spiro atoms. The average molecular weight is 179 g/mol. The van der Waals surface area contributed by atoms with E-state index in [4.69, 9.17) is 10.5 Å². The third-order valence-electron chi connectivity index (χ3n) is 2.24. The van der Waals surface area contributed by atoms with Crippen molar-refractivity contribution in [1.82, 2.24) is 4.90 Å². The number of hydrogen-bond acceptors (Lipinski definition) is 3. The maximum Gasteiger partial charge on any atom is 0.0635 e. The molecule has 0 aliphatic rings. The molecule has 0 aromatic carbocycles. The van der Waals surface area contributed by atoms with Gasteiger partial charge in [0.05, 0.1) is 12.1 Å². The molecule has 72 valence electrons. The molecule has 0 aromatic rings. The van der Waals surface area contributed by atoms with E-state index in [9.17, 15) is 0 Å². The molecular weight excluding hydrogens is 162 g/mol. The molecule has 0 aliphatic heterocycles. The van der Waals surface area contributed by atoms with Gasteiger partial charge in [-0.1, -0.05) is 6.92 Å². The molecule has 0 radical (unpaired) electrons. The Balaban J connectivity index is 3.89. The summed E-state index contributed by atoms with van der Waals surface area (Å²) in [6.07, 6.45) is 2.17. The van der Waals surface area contributed by atoms with Crippen LogP contribution in [0.2, 0.25) is 0 Å². The lowest BCUT2D eigenvalue weighted by Crippen LogP contribution is -2.34. The van der Waals surface area contributed by atoms with E-state index < -0.39 is 0 Å². The van der Waals surface area contributed by atoms with Gasteiger partial charge >= 0.3 is 0 Å². The van der Waals surface area contributed by atoms with Gasteiger partial charge in [0.15, 0.2) is 0 Å². The Bertz CT molecular complexity index is 181. The van der Waals surface area contributed by atoms with Crippen LogP contribution in [0.3, 0.4) is 0 Å². The number of nitriles is 2. The first kappa shape index (κ1) is 11.9. The maximum atomic E-state index is 8.45. The topological polar surface area (TPSA) is 50.8 Å². The van der Waals surface area contributed by atoms with Crippen LogP contribution in [0.15, 0.2) is 0 Å². The zero-order valence-electron chi connectivity index (χ0n) is 8.45. The lowest BCUT2D eigenvalue weighted by atomic mass is 10.2. The van der Waals surface area contributed by atoms with Gasteiger partial charge in [-0.25, -0.2) is 0 Å². The van der Waals surface area contributed by atoms with E-state index >= 15 is 0 Å². The lowest BCUT2D eigenvalue weighted by Gasteiger charge is -2.26. The van der Waals surface area contributed by atoms with E-state index in [-0.39, 0.29) is 0 Å². The average Bonchev–Trinajstić information content (AvgIpc) is 2.17. The molecule has 13 heavy (non-hydrogen) atoms. The summed E-state index contributed by atoms with van der Waals surface area (Å²) in [5, 5.41) is 16.9. The highest BCUT2D eigenvalue weighted by Crippen LogP contribution is 2.04. The standard InChI is InChI=1S/C10H17N3/c1-3-10(2)13(8-4-6-11)9-5-7-12/h10H,3-5,8-9H2,1-2H3. The first-order valence-corrected chi connectivity index (χ1v) is 4.74. The molecular formula is C10H17N3. The molecule has 0 amide bonds. The van der Waals surface area contributed by atoms with Gasteiger partial charge in [0.1, 0.15) is 0 Å². The van der Waals surface area contributed by atoms with Crippen LogP contribution in [-0.4, -0.2) is 24.0 Å². The van der Waals surface area contributed by atoms with Gasteiger partial charge in [-0.15, -0.1) is 0 Å². The van der Waals surface area contributed by atoms with E-state index in [1.54, 1.807) is 0 Å². The number of nitrogens with zero attached hydrogens (tertiary/aromatic N) is 3. The highest BCUT2D eigenvalue weighted by molar-refractivity contribution is 4.78. The number of rotatable bonds is 6. The van der Waals surface area contributed by atoms with Gasteiger partial charge in [-0.05, 0) is 13.3 Å². The second-order valence-corrected chi connectivity index (χ2v) is 3.11. The van der Waals surface area contributed by atoms with E-state index in [0.29, 0.717) is 18.9 Å². The predicted molar refractivity (Wildman–Crippen MR) is 51.8 cm³/mol. The van der Waals surface area contributed by atoms with E-state index in [1.165, 1.54) is 0 Å². The quantitative estimate of drug-likeness (QED) is 0.626. The molecule has 0 aromatic heterocycles. The minimum absolute atomic E-state index is 0.474. The summed E-state index contributed by atoms with van der Waals surface area (Å²) in [6, 6.07) is 4.73. The third kappa shape index (κ3) is 5.22. The smallest absolute Gasteiger partial charge is 0.0635 e. The van der Waals surface area contributed by atoms with Crippen molar-refractivity contribution in [2.45, 2.75) is 39.2 Å². The van der Waals surface area contributed by atoms with Crippen LogP contribution in [0.4, 0.5) is 0 Å². The highest BCUT2D eigenvalue weighted by atomic mass is 15.1. The summed E-state index contributed by atoms with van der Waals surface area (Å²) >= 11 is 0. The van der Waals surface area contributed by atoms with Crippen LogP contribution in [0, 0.1) is 22.7 Å². The van der Waals surface area contributed by atoms with Crippen molar-refractivity contribution in [3.8, 4) is 12.1 Å². The van der Waals surface area contributed by atoms with E-state index in [2.05, 4.69) is 30.9 Å². The molecule has 0 rings (SSSR count). The molecule has 0 N–H and O–H groups in total. The Hall–Kier alpha value is -1.06. The van der Waals surface area contributed by atoms with Crippen molar-refractivity contribution in [2.75, 3.05) is 13.1 Å². The fourth-order valence-electron chi connectivity index (χ4n) is 1.20. The van der Waals surface area contributed by atoms with Crippen LogP contribution >= 0.6 is 0 Å². The first-order valence-electron chi connectivity index (χ1n) is 4.74. The van der Waals surface area contributed by atoms with Crippen molar-refractivity contribution >= 4 is 0 Å². The monoisotopic (exact) mass is 179 g/mol. The summed E-state index contributed by atoms with van der Waals surface area (Å²) in [4.78, 5) is 2.20. The molecule has 0 saturated heterocycles. The predicted octanol–water partition coefficient (Wildman–Crippen LogP) is 1.91. The molecule has 3 heteroatoms. The Labute approximate surface area is 80.6 Å². The Morgan fingerprint density at radius 2 is 1.62 bits per heavy atom. The molecule has 3 nitrogen and oxygen atoms in total. The van der Waals surface area contributed by atoms with Gasteiger partial charge in [0.2, 0.25) is 0 Å². The van der Waals surface area contributed by atoms with Crippen LogP contribution in [0.25, 0.3) is 0 Å². The minimum atomic E-state index is 0.474. The van der Waals surface area contributed by atoms with Crippen molar-refractivity contribution in [2.24, 2.45) is 0 Å². The van der Waals surface area contributed by atoms with E-state index in [0.717, 1.165) is 19.5 Å². The van der Waals surface area contributed by atoms with Gasteiger partial charge in [-0.3, -0.25) is 4.90 Å². The molecule has 0 heterocycles. The molecule has 0 saturated carbocycles. The highest BCUT2D eigenvalue weighted by Gasteiger charge is 2.10. The summed E-state index contributed by atoms with van der Waals surface area (Å²) in [7, 11) is 0. The second kappa shape index (κ2) is 7.58. The Morgan fingerprint density at radius 1 is 1.15 bits per heavy atom. The summed E-state index contributed by atoms with van der Waals surface area (Å²) in [6.45, 7) is 5.82. The second-order valence-electron chi connectivity index (χ2n) is 3.11. The Kier molecular flexibility index (Phi) is 6.96. The largest absolute Gasteiger partial charge is 0.299 e. The SMILES string of the molecule is CCC(C)N(CCC#N)CCC#N. The van der Waals surface area contributed by atoms with Gasteiger partial charge < -0.3 is 0 Å². The molecule has 0 bridgehead atoms. The van der Waals surface area contributed by atoms with Crippen molar-refractivity contribution < 1.29 is 0 Å². The third-order valence-corrected chi connectivity index (χ3v) is 2.24. The van der Waals surface area contributed by atoms with Gasteiger partial charge in [0, 0.05) is 32.0 Å². The molecule has 1 atom stereocenters. The molecule has 0 fully saturated rings. The number of hydrogen-bond donors (Lipinski definition) is 0. The molecule has 1 unspecified atom stereocenters. The fraction of sp³-hybridized carbons (Fsp3) is 0.800. The first-order chi connectivity index (χ1) is 6.26. The van der Waals surface area contributed by atoms with Gasteiger partial charge in [-0.2, -0.15) is 10.5 Å². The van der Waals surface area contributed by atoms with Gasteiger partial charge in [0.25, 0.3) is 0 Å². The summed E-state index contributed by atoms with van der Waals surface area (Å²) in [5.41, 5.74) is 0. The zero-order valence-corrected chi connectivity index (χ0v) is 8.45. The Morgan fingerprint density at radius 3 is 1.92 bits per heavy atom. The fourth-order valence-corrected chi connectivity index (χ4v) is 1.20. The van der Waals surface area contributed by atoms with Crippen LogP contribution in [0.5, 0.6) is 0 Å². The maximum absolute atomic E-state index is 8.45. The normalized spacial score (nSPS) is 12.1. The van der Waals surface area contributed by atoms with Crippen LogP contribution < -0.4 is 0 Å². The van der Waals surface area contributed by atoms with E-state index in [1.807, 2.05) is 0 Å². The van der Waals surface area contributed by atoms with Crippen molar-refractivity contribution in [3.05, 3.63) is 0 Å². The van der Waals surface area contributed by atoms with Crippen LogP contribution in [0.1, 0.15) is 33.1 Å². The minimum Gasteiger partial charge on any atom is -0.299 e. The summed E-state index contributed by atoms with van der Waals surface area (Å²) in [5.74, 6) is 0. The summed E-state index contributed by atoms with van der Waals surface area (Å²) < 4.78 is 0. The van der Waals surface area contributed by atoms with Crippen LogP contribution in [-0.2, 0) is 0 Å².